The fourth-order valence-electron chi connectivity index (χ4n) is 13.9. The van der Waals surface area contributed by atoms with Crippen LogP contribution in [0.15, 0.2) is 179 Å². The highest BCUT2D eigenvalue weighted by atomic mass is 32.2. The lowest BCUT2D eigenvalue weighted by Crippen LogP contribution is -2.74. The lowest BCUT2D eigenvalue weighted by atomic mass is 9.77. The number of ether oxygens (including phenoxy) is 8. The molecular weight excluding hydrogens is 1390 g/mol. The van der Waals surface area contributed by atoms with E-state index in [0.29, 0.717) is 121 Å². The predicted octanol–water partition coefficient (Wildman–Crippen LogP) is 11.7. The van der Waals surface area contributed by atoms with Crippen LogP contribution in [0.2, 0.25) is 0 Å². The minimum absolute atomic E-state index is 0.103. The first kappa shape index (κ1) is 67.3. The third kappa shape index (κ3) is 12.0. The van der Waals surface area contributed by atoms with Crippen molar-refractivity contribution < 1.29 is 86.5 Å². The van der Waals surface area contributed by atoms with Gasteiger partial charge in [-0.15, -0.1) is 46.2 Å². The number of carbonyl (C=O) groups excluding carboxylic acids is 6. The van der Waals surface area contributed by atoms with Crippen molar-refractivity contribution in [3.05, 3.63) is 233 Å². The number of aliphatic carboxylic acids is 2. The minimum atomic E-state index is -1.27. The molecule has 102 heavy (non-hydrogen) atoms. The van der Waals surface area contributed by atoms with E-state index in [1.807, 2.05) is 83.6 Å². The van der Waals surface area contributed by atoms with E-state index < -0.39 is 75.8 Å². The van der Waals surface area contributed by atoms with Crippen LogP contribution in [-0.2, 0) is 62.3 Å². The van der Waals surface area contributed by atoms with Crippen LogP contribution in [0.25, 0.3) is 0 Å². The summed E-state index contributed by atoms with van der Waals surface area (Å²) in [7, 11) is 0. The quantitative estimate of drug-likeness (QED) is 0.0279. The molecule has 22 nitrogen and oxygen atoms in total. The number of carboxylic acids is 2. The Bertz CT molecular complexity index is 4760. The number of thioether (sulfide) groups is 2. The summed E-state index contributed by atoms with van der Waals surface area (Å²) < 4.78 is 49.6. The molecule has 0 bridgehead atoms. The zero-order valence-corrected chi connectivity index (χ0v) is 58.0. The number of hydrogen-bond donors (Lipinski definition) is 4. The maximum absolute atomic E-state index is 13.2. The fraction of sp³-hybridized carbons (Fsp3) is 0.263. The molecule has 2 saturated heterocycles. The SMILES string of the molecule is CCCCOc1ccc2c(c1)Oc1cc(OCC3=C(C(=O)O)N4C(=O)C(NC(=O)Cc5cccs5)C4SC3)ccc1C21OC(=O)c2ccccc21.CCCCOc1ccc2c(c1)Oc1cc(OCC3=CSC4C(NC(=O)Cc5cccs5)C(=O)N4C3C(=O)O)ccc1C21OC(=O)c2ccccc21. The zero-order valence-electron chi connectivity index (χ0n) is 54.7. The topological polar surface area (TPSA) is 281 Å². The Hall–Kier alpha value is -10.5. The fourth-order valence-corrected chi connectivity index (χ4v) is 17.8. The summed E-state index contributed by atoms with van der Waals surface area (Å²) in [6.07, 6.45) is 4.07. The molecule has 16 rings (SSSR count). The summed E-state index contributed by atoms with van der Waals surface area (Å²) >= 11 is 5.55. The number of esters is 2. The van der Waals surface area contributed by atoms with Crippen molar-refractivity contribution in [3.63, 3.8) is 0 Å². The monoisotopic (exact) mass is 1450 g/mol. The van der Waals surface area contributed by atoms with Crippen LogP contribution in [0.5, 0.6) is 46.0 Å². The molecule has 8 aromatic rings. The van der Waals surface area contributed by atoms with Gasteiger partial charge in [0, 0.05) is 84.3 Å². The van der Waals surface area contributed by atoms with Crippen LogP contribution in [0.4, 0.5) is 0 Å². The third-order valence-electron chi connectivity index (χ3n) is 18.7. The first-order valence-corrected chi connectivity index (χ1v) is 36.9. The second-order valence-electron chi connectivity index (χ2n) is 25.0. The number of fused-ring (bicyclic) bond motifs is 14. The number of β-lactam (4-membered cyclic amide) rings is 2. The van der Waals surface area contributed by atoms with Crippen LogP contribution in [0.1, 0.15) is 103 Å². The molecule has 7 atom stereocenters. The number of carbonyl (C=O) groups is 8. The number of nitrogens with zero attached hydrogens (tertiary/aromatic N) is 2. The van der Waals surface area contributed by atoms with Gasteiger partial charge in [-0.25, -0.2) is 19.2 Å². The Morgan fingerprint density at radius 1 is 0.549 bits per heavy atom. The minimum Gasteiger partial charge on any atom is -0.493 e. The molecule has 26 heteroatoms. The smallest absolute Gasteiger partial charge is 0.352 e. The van der Waals surface area contributed by atoms with Crippen molar-refractivity contribution in [3.8, 4) is 46.0 Å². The van der Waals surface area contributed by atoms with Gasteiger partial charge < -0.3 is 63.6 Å². The first-order chi connectivity index (χ1) is 49.6. The molecule has 2 spiro atoms. The van der Waals surface area contributed by atoms with Gasteiger partial charge in [-0.2, -0.15) is 0 Å². The maximum atomic E-state index is 13.2. The number of unbranched alkanes of at least 4 members (excludes halogenated alkanes) is 2. The van der Waals surface area contributed by atoms with Gasteiger partial charge in [0.1, 0.15) is 87.7 Å². The van der Waals surface area contributed by atoms with Crippen LogP contribution in [0.3, 0.4) is 0 Å². The number of amides is 4. The van der Waals surface area contributed by atoms with Gasteiger partial charge in [0.2, 0.25) is 17.7 Å². The molecule has 10 heterocycles. The standard InChI is InChI=1S/2C38H32N2O9S2/c2*1-2-3-14-46-22-10-12-27-29(16-22)48-30-17-23(11-13-28(30)38(27)26-9-5-4-8-25(26)37(45)49-38)47-19-21-20-51-35-32(34(42)40(35)33(21)36(43)44)39-31(41)18-24-7-6-15-50-24/h4-13,15-17,32,35H,2-3,14,18-20H2,1H3,(H,39,41)(H,43,44);4-13,15-17,20,32-33,35H,2-3,14,18-19H2,1H3,(H,39,41)(H,43,44). The van der Waals surface area contributed by atoms with Crippen molar-refractivity contribution in [1.29, 1.82) is 0 Å². The van der Waals surface area contributed by atoms with E-state index in [0.717, 1.165) is 35.4 Å². The molecule has 0 saturated carbocycles. The molecular formula is C76H64N4O18S4. The van der Waals surface area contributed by atoms with Crippen molar-refractivity contribution in [2.75, 3.05) is 32.2 Å². The summed E-state index contributed by atoms with van der Waals surface area (Å²) in [6, 6.07) is 40.5. The van der Waals surface area contributed by atoms with Crippen molar-refractivity contribution in [2.45, 2.75) is 92.4 Å². The largest absolute Gasteiger partial charge is 0.493 e. The Morgan fingerprint density at radius 3 is 1.46 bits per heavy atom. The number of carboxylic acid groups (broad SMARTS) is 2. The molecule has 8 aliphatic rings. The lowest BCUT2D eigenvalue weighted by molar-refractivity contribution is -0.160. The first-order valence-electron chi connectivity index (χ1n) is 33.1. The second-order valence-corrected chi connectivity index (χ2v) is 29.2. The number of benzene rings is 6. The number of nitrogens with one attached hydrogen (secondary N) is 2. The van der Waals surface area contributed by atoms with E-state index in [1.54, 1.807) is 78.2 Å². The summed E-state index contributed by atoms with van der Waals surface area (Å²) in [5.41, 5.74) is 2.99. The molecule has 2 fully saturated rings. The van der Waals surface area contributed by atoms with Gasteiger partial charge in [-0.05, 0) is 102 Å². The van der Waals surface area contributed by atoms with Crippen LogP contribution in [-0.4, -0.2) is 129 Å². The second kappa shape index (κ2) is 27.8. The van der Waals surface area contributed by atoms with Crippen LogP contribution >= 0.6 is 46.2 Å². The van der Waals surface area contributed by atoms with Gasteiger partial charge >= 0.3 is 23.9 Å². The molecule has 0 aliphatic carbocycles. The van der Waals surface area contributed by atoms with Crippen LogP contribution in [0, 0.1) is 0 Å². The number of rotatable bonds is 22. The Balaban J connectivity index is 0.000000165. The Labute approximate surface area is 600 Å². The van der Waals surface area contributed by atoms with E-state index in [1.165, 1.54) is 56.0 Å². The molecule has 520 valence electrons. The third-order valence-corrected chi connectivity index (χ3v) is 23.0. The zero-order chi connectivity index (χ0) is 70.6. The van der Waals surface area contributed by atoms with E-state index in [-0.39, 0.29) is 43.6 Å². The van der Waals surface area contributed by atoms with Crippen molar-refractivity contribution in [1.82, 2.24) is 20.4 Å². The highest BCUT2D eigenvalue weighted by Gasteiger charge is 2.59. The Kier molecular flexibility index (Phi) is 18.3. The maximum Gasteiger partial charge on any atom is 0.352 e. The van der Waals surface area contributed by atoms with E-state index in [9.17, 15) is 48.6 Å². The number of hydrogen-bond acceptors (Lipinski definition) is 20. The van der Waals surface area contributed by atoms with Gasteiger partial charge in [0.15, 0.2) is 17.2 Å². The average Bonchev–Trinajstić information content (AvgIpc) is 1.49. The van der Waals surface area contributed by atoms with Crippen LogP contribution < -0.4 is 39.1 Å². The van der Waals surface area contributed by atoms with Gasteiger partial charge in [0.25, 0.3) is 5.91 Å². The van der Waals surface area contributed by atoms with Crippen molar-refractivity contribution >= 4 is 93.7 Å². The average molecular weight is 1450 g/mol. The van der Waals surface area contributed by atoms with Gasteiger partial charge in [-0.3, -0.25) is 24.1 Å². The normalized spacial score (nSPS) is 21.7. The predicted molar refractivity (Wildman–Crippen MR) is 377 cm³/mol. The molecule has 8 aliphatic heterocycles. The Morgan fingerprint density at radius 2 is 1.01 bits per heavy atom. The van der Waals surface area contributed by atoms with E-state index in [4.69, 9.17) is 37.9 Å². The number of thiophene rings is 2. The molecule has 7 unspecified atom stereocenters. The van der Waals surface area contributed by atoms with Gasteiger partial charge in [0.05, 0.1) is 37.2 Å². The van der Waals surface area contributed by atoms with Crippen molar-refractivity contribution in [2.24, 2.45) is 0 Å². The van der Waals surface area contributed by atoms with E-state index >= 15 is 0 Å². The summed E-state index contributed by atoms with van der Waals surface area (Å²) in [5.74, 6) is -0.815. The summed E-state index contributed by atoms with van der Waals surface area (Å²) in [5, 5.41) is 30.3. The van der Waals surface area contributed by atoms with E-state index in [2.05, 4.69) is 24.5 Å². The van der Waals surface area contributed by atoms with Gasteiger partial charge in [-0.1, -0.05) is 75.2 Å². The summed E-state index contributed by atoms with van der Waals surface area (Å²) in [6.45, 7) is 5.05. The molecule has 4 N–H and O–H groups in total. The molecule has 6 aromatic carbocycles. The summed E-state index contributed by atoms with van der Waals surface area (Å²) in [4.78, 5) is 107. The highest BCUT2D eigenvalue weighted by Crippen LogP contribution is 2.59. The lowest BCUT2D eigenvalue weighted by Gasteiger charge is -2.51. The molecule has 0 radical (unpaired) electrons. The molecule has 2 aromatic heterocycles. The highest BCUT2D eigenvalue weighted by molar-refractivity contribution is 8.03. The molecule has 4 amide bonds.